The molecular weight excluding hydrogens is 406 g/mol. The van der Waals surface area contributed by atoms with Crippen molar-refractivity contribution >= 4 is 21.9 Å². The number of aliphatic imine (C=N–C) groups is 1. The van der Waals surface area contributed by atoms with Crippen molar-refractivity contribution in [3.63, 3.8) is 0 Å². The van der Waals surface area contributed by atoms with Gasteiger partial charge in [-0.05, 0) is 31.0 Å². The highest BCUT2D eigenvalue weighted by Gasteiger charge is 2.40. The van der Waals surface area contributed by atoms with Gasteiger partial charge in [0.25, 0.3) is 0 Å². The number of benzene rings is 1. The summed E-state index contributed by atoms with van der Waals surface area (Å²) in [5, 5.41) is 7.96. The number of rotatable bonds is 4. The molecule has 1 N–H and O–H groups in total. The zero-order valence-electron chi connectivity index (χ0n) is 15.8. The van der Waals surface area contributed by atoms with Gasteiger partial charge in [0.2, 0.25) is 0 Å². The maximum atomic E-state index is 5.98. The van der Waals surface area contributed by atoms with Crippen molar-refractivity contribution in [1.82, 2.24) is 20.0 Å². The number of nitrogens with zero attached hydrogens (tertiary/aromatic N) is 4. The lowest BCUT2D eigenvalue weighted by atomic mass is 10.1. The molecule has 3 atom stereocenters. The molecule has 1 aliphatic heterocycles. The number of aryl methyl sites for hydroxylation is 1. The molecule has 3 unspecified atom stereocenters. The molecule has 144 valence electrons. The van der Waals surface area contributed by atoms with Crippen LogP contribution < -0.4 is 5.32 Å². The SMILES string of the molecule is CCN=C(NC1CC1c1ccc(Br)cc1)N1CCOC(c2cnn(C)c2)C1. The van der Waals surface area contributed by atoms with Gasteiger partial charge in [0.15, 0.2) is 5.96 Å². The fourth-order valence-electron chi connectivity index (χ4n) is 3.64. The molecule has 0 spiro atoms. The summed E-state index contributed by atoms with van der Waals surface area (Å²) in [7, 11) is 1.94. The lowest BCUT2D eigenvalue weighted by Crippen LogP contribution is -2.49. The summed E-state index contributed by atoms with van der Waals surface area (Å²) in [5.74, 6) is 1.56. The van der Waals surface area contributed by atoms with Crippen LogP contribution in [0, 0.1) is 0 Å². The van der Waals surface area contributed by atoms with Gasteiger partial charge < -0.3 is 15.0 Å². The van der Waals surface area contributed by atoms with Crippen LogP contribution in [0.2, 0.25) is 0 Å². The zero-order valence-corrected chi connectivity index (χ0v) is 17.4. The van der Waals surface area contributed by atoms with Crippen LogP contribution in [0.3, 0.4) is 0 Å². The van der Waals surface area contributed by atoms with Gasteiger partial charge in [-0.3, -0.25) is 9.67 Å². The van der Waals surface area contributed by atoms with E-state index >= 15 is 0 Å². The third-order valence-electron chi connectivity index (χ3n) is 5.17. The second kappa shape index (κ2) is 8.02. The normalized spacial score (nSPS) is 25.5. The van der Waals surface area contributed by atoms with E-state index in [0.717, 1.165) is 42.1 Å². The number of guanidine groups is 1. The van der Waals surface area contributed by atoms with Gasteiger partial charge >= 0.3 is 0 Å². The van der Waals surface area contributed by atoms with E-state index in [-0.39, 0.29) is 6.10 Å². The number of nitrogens with one attached hydrogen (secondary N) is 1. The van der Waals surface area contributed by atoms with Crippen LogP contribution in [0.5, 0.6) is 0 Å². The smallest absolute Gasteiger partial charge is 0.194 e. The molecule has 2 fully saturated rings. The molecule has 1 aromatic heterocycles. The summed E-state index contributed by atoms with van der Waals surface area (Å²) in [4.78, 5) is 7.07. The van der Waals surface area contributed by atoms with Gasteiger partial charge in [0, 0.05) is 48.3 Å². The molecule has 6 nitrogen and oxygen atoms in total. The summed E-state index contributed by atoms with van der Waals surface area (Å²) in [6, 6.07) is 9.11. The van der Waals surface area contributed by atoms with Crippen molar-refractivity contribution in [3.8, 4) is 0 Å². The Morgan fingerprint density at radius 3 is 2.85 bits per heavy atom. The Balaban J connectivity index is 1.41. The highest BCUT2D eigenvalue weighted by molar-refractivity contribution is 9.10. The molecule has 2 aromatic rings. The zero-order chi connectivity index (χ0) is 18.8. The Morgan fingerprint density at radius 2 is 2.15 bits per heavy atom. The van der Waals surface area contributed by atoms with Crippen molar-refractivity contribution in [3.05, 3.63) is 52.3 Å². The van der Waals surface area contributed by atoms with Crippen LogP contribution in [-0.2, 0) is 11.8 Å². The van der Waals surface area contributed by atoms with E-state index in [1.54, 1.807) is 0 Å². The van der Waals surface area contributed by atoms with E-state index in [2.05, 4.69) is 62.4 Å². The largest absolute Gasteiger partial charge is 0.370 e. The van der Waals surface area contributed by atoms with E-state index < -0.39 is 0 Å². The van der Waals surface area contributed by atoms with Crippen LogP contribution in [0.1, 0.15) is 36.5 Å². The molecular formula is C20H26BrN5O. The van der Waals surface area contributed by atoms with Crippen molar-refractivity contribution < 1.29 is 4.74 Å². The number of aromatic nitrogens is 2. The summed E-state index contributed by atoms with van der Waals surface area (Å²) in [5.41, 5.74) is 2.51. The van der Waals surface area contributed by atoms with Gasteiger partial charge in [-0.1, -0.05) is 28.1 Å². The summed E-state index contributed by atoms with van der Waals surface area (Å²) in [6.45, 7) is 5.21. The minimum atomic E-state index is 0.0396. The first-order valence-electron chi connectivity index (χ1n) is 9.55. The average Bonchev–Trinajstić information content (AvgIpc) is 3.31. The number of hydrogen-bond acceptors (Lipinski definition) is 3. The lowest BCUT2D eigenvalue weighted by molar-refractivity contribution is -0.00810. The fourth-order valence-corrected chi connectivity index (χ4v) is 3.90. The molecule has 27 heavy (non-hydrogen) atoms. The van der Waals surface area contributed by atoms with Gasteiger partial charge in [-0.25, -0.2) is 0 Å². The highest BCUT2D eigenvalue weighted by atomic mass is 79.9. The molecule has 1 saturated heterocycles. The summed E-state index contributed by atoms with van der Waals surface area (Å²) >= 11 is 3.51. The standard InChI is InChI=1S/C20H26BrN5O/c1-3-22-20(24-18-10-17(18)14-4-6-16(21)7-5-14)26-8-9-27-19(13-26)15-11-23-25(2)12-15/h4-7,11-12,17-19H,3,8-10,13H2,1-2H3,(H,22,24). The Kier molecular flexibility index (Phi) is 5.50. The van der Waals surface area contributed by atoms with E-state index in [4.69, 9.17) is 9.73 Å². The first kappa shape index (κ1) is 18.5. The third kappa shape index (κ3) is 4.35. The second-order valence-corrected chi connectivity index (χ2v) is 8.11. The lowest BCUT2D eigenvalue weighted by Gasteiger charge is -2.35. The fraction of sp³-hybridized carbons (Fsp3) is 0.500. The molecule has 4 rings (SSSR count). The van der Waals surface area contributed by atoms with Gasteiger partial charge in [0.05, 0.1) is 19.3 Å². The van der Waals surface area contributed by atoms with Crippen LogP contribution in [0.4, 0.5) is 0 Å². The molecule has 0 bridgehead atoms. The molecule has 1 saturated carbocycles. The van der Waals surface area contributed by atoms with E-state index in [9.17, 15) is 0 Å². The summed E-state index contributed by atoms with van der Waals surface area (Å²) in [6.07, 6.45) is 5.12. The van der Waals surface area contributed by atoms with Crippen LogP contribution in [0.15, 0.2) is 46.1 Å². The van der Waals surface area contributed by atoms with Crippen LogP contribution in [0.25, 0.3) is 0 Å². The maximum absolute atomic E-state index is 5.98. The molecule has 1 aliphatic carbocycles. The second-order valence-electron chi connectivity index (χ2n) is 7.20. The van der Waals surface area contributed by atoms with Crippen molar-refractivity contribution in [1.29, 1.82) is 0 Å². The topological polar surface area (TPSA) is 54.7 Å². The molecule has 0 amide bonds. The monoisotopic (exact) mass is 431 g/mol. The van der Waals surface area contributed by atoms with E-state index in [1.807, 2.05) is 24.1 Å². The van der Waals surface area contributed by atoms with Crippen molar-refractivity contribution in [2.24, 2.45) is 12.0 Å². The van der Waals surface area contributed by atoms with Crippen molar-refractivity contribution in [2.45, 2.75) is 31.4 Å². The van der Waals surface area contributed by atoms with Gasteiger partial charge in [-0.15, -0.1) is 0 Å². The quantitative estimate of drug-likeness (QED) is 0.596. The number of halogens is 1. The predicted octanol–water partition coefficient (Wildman–Crippen LogP) is 3.08. The Bertz CT molecular complexity index is 803. The van der Waals surface area contributed by atoms with Gasteiger partial charge in [-0.2, -0.15) is 5.10 Å². The number of ether oxygens (including phenoxy) is 1. The molecule has 2 heterocycles. The van der Waals surface area contributed by atoms with E-state index in [1.165, 1.54) is 5.56 Å². The maximum Gasteiger partial charge on any atom is 0.194 e. The summed E-state index contributed by atoms with van der Waals surface area (Å²) < 4.78 is 8.92. The third-order valence-corrected chi connectivity index (χ3v) is 5.70. The Morgan fingerprint density at radius 1 is 1.33 bits per heavy atom. The average molecular weight is 432 g/mol. The highest BCUT2D eigenvalue weighted by Crippen LogP contribution is 2.41. The minimum absolute atomic E-state index is 0.0396. The Hall–Kier alpha value is -1.86. The molecule has 2 aliphatic rings. The first-order chi connectivity index (χ1) is 13.1. The van der Waals surface area contributed by atoms with Crippen LogP contribution in [-0.4, -0.2) is 52.9 Å². The van der Waals surface area contributed by atoms with E-state index in [0.29, 0.717) is 18.6 Å². The minimum Gasteiger partial charge on any atom is -0.370 e. The molecule has 0 radical (unpaired) electrons. The molecule has 7 heteroatoms. The Labute approximate surface area is 168 Å². The van der Waals surface area contributed by atoms with Crippen molar-refractivity contribution in [2.75, 3.05) is 26.2 Å². The predicted molar refractivity (Wildman–Crippen MR) is 110 cm³/mol. The van der Waals surface area contributed by atoms with Gasteiger partial charge in [0.1, 0.15) is 6.10 Å². The number of hydrogen-bond donors (Lipinski definition) is 1. The van der Waals surface area contributed by atoms with Crippen LogP contribution >= 0.6 is 15.9 Å². The molecule has 1 aromatic carbocycles. The first-order valence-corrected chi connectivity index (χ1v) is 10.3. The number of morpholine rings is 1.